The van der Waals surface area contributed by atoms with Crippen molar-refractivity contribution in [2.45, 2.75) is 52.0 Å². The number of hydrogen-bond donors (Lipinski definition) is 1. The Balaban J connectivity index is 1.51. The number of carbonyl (C=O) groups is 2. The third-order valence-electron chi connectivity index (χ3n) is 4.93. The minimum absolute atomic E-state index is 0.123. The fraction of sp³-hybridized carbons (Fsp3) is 0.684. The van der Waals surface area contributed by atoms with E-state index in [-0.39, 0.29) is 11.8 Å². The van der Waals surface area contributed by atoms with E-state index in [0.29, 0.717) is 25.7 Å². The Morgan fingerprint density at radius 3 is 2.52 bits per heavy atom. The zero-order chi connectivity index (χ0) is 17.8. The molecular formula is C19H29N3O2S. The number of nitrogens with one attached hydrogen (secondary N) is 1. The molecule has 5 nitrogen and oxygen atoms in total. The van der Waals surface area contributed by atoms with Crippen LogP contribution >= 0.6 is 11.3 Å². The standard InChI is InChI=1S/C19H29N3O2S/c1-3-5-16-14(4-2)12-17(25-16)19(24)22-10-8-21(9-11-22)13-18(23)20-15-6-7-15/h12,15H,3-11,13H2,1-2H3,(H,20,23). The van der Waals surface area contributed by atoms with E-state index < -0.39 is 0 Å². The molecule has 1 saturated carbocycles. The highest BCUT2D eigenvalue weighted by Crippen LogP contribution is 2.26. The van der Waals surface area contributed by atoms with Gasteiger partial charge in [-0.15, -0.1) is 11.3 Å². The van der Waals surface area contributed by atoms with E-state index in [0.717, 1.165) is 50.1 Å². The zero-order valence-electron chi connectivity index (χ0n) is 15.3. The molecule has 1 saturated heterocycles. The van der Waals surface area contributed by atoms with Crippen LogP contribution in [0.15, 0.2) is 6.07 Å². The Kier molecular flexibility index (Phi) is 6.12. The summed E-state index contributed by atoms with van der Waals surface area (Å²) in [6.07, 6.45) is 5.40. The van der Waals surface area contributed by atoms with E-state index in [1.807, 2.05) is 4.90 Å². The maximum atomic E-state index is 12.8. The summed E-state index contributed by atoms with van der Waals surface area (Å²) in [5.41, 5.74) is 1.32. The number of nitrogens with zero attached hydrogens (tertiary/aromatic N) is 2. The second-order valence-electron chi connectivity index (χ2n) is 7.07. The lowest BCUT2D eigenvalue weighted by Gasteiger charge is -2.34. The van der Waals surface area contributed by atoms with Crippen molar-refractivity contribution in [2.24, 2.45) is 0 Å². The second-order valence-corrected chi connectivity index (χ2v) is 8.21. The molecule has 3 rings (SSSR count). The number of rotatable bonds is 7. The largest absolute Gasteiger partial charge is 0.352 e. The highest BCUT2D eigenvalue weighted by Gasteiger charge is 2.27. The van der Waals surface area contributed by atoms with Gasteiger partial charge in [-0.25, -0.2) is 0 Å². The Bertz CT molecular complexity index is 616. The first kappa shape index (κ1) is 18.4. The fourth-order valence-electron chi connectivity index (χ4n) is 3.28. The summed E-state index contributed by atoms with van der Waals surface area (Å²) in [6.45, 7) is 7.75. The Morgan fingerprint density at radius 1 is 1.20 bits per heavy atom. The van der Waals surface area contributed by atoms with E-state index >= 15 is 0 Å². The molecule has 0 radical (unpaired) electrons. The minimum Gasteiger partial charge on any atom is -0.352 e. The normalized spacial score (nSPS) is 18.4. The first-order valence-electron chi connectivity index (χ1n) is 9.53. The van der Waals surface area contributed by atoms with Gasteiger partial charge in [0.25, 0.3) is 5.91 Å². The first-order valence-corrected chi connectivity index (χ1v) is 10.3. The molecule has 138 valence electrons. The van der Waals surface area contributed by atoms with Gasteiger partial charge in [0.15, 0.2) is 0 Å². The molecule has 0 bridgehead atoms. The van der Waals surface area contributed by atoms with Crippen molar-refractivity contribution in [1.82, 2.24) is 15.1 Å². The van der Waals surface area contributed by atoms with E-state index in [1.165, 1.54) is 10.4 Å². The third kappa shape index (κ3) is 4.82. The minimum atomic E-state index is 0.123. The van der Waals surface area contributed by atoms with Crippen molar-refractivity contribution in [1.29, 1.82) is 0 Å². The van der Waals surface area contributed by atoms with Crippen molar-refractivity contribution in [3.8, 4) is 0 Å². The van der Waals surface area contributed by atoms with Crippen LogP contribution in [0.3, 0.4) is 0 Å². The fourth-order valence-corrected chi connectivity index (χ4v) is 4.60. The average molecular weight is 364 g/mol. The van der Waals surface area contributed by atoms with Gasteiger partial charge in [0, 0.05) is 37.1 Å². The molecule has 1 aliphatic heterocycles. The second kappa shape index (κ2) is 8.32. The number of amides is 2. The third-order valence-corrected chi connectivity index (χ3v) is 6.16. The van der Waals surface area contributed by atoms with Gasteiger partial charge < -0.3 is 10.2 Å². The smallest absolute Gasteiger partial charge is 0.264 e. The molecule has 2 aliphatic rings. The molecule has 0 atom stereocenters. The van der Waals surface area contributed by atoms with E-state index in [2.05, 4.69) is 30.1 Å². The number of hydrogen-bond acceptors (Lipinski definition) is 4. The Labute approximate surface area is 154 Å². The van der Waals surface area contributed by atoms with E-state index in [9.17, 15) is 9.59 Å². The molecule has 1 N–H and O–H groups in total. The van der Waals surface area contributed by atoms with Gasteiger partial charge in [0.1, 0.15) is 0 Å². The zero-order valence-corrected chi connectivity index (χ0v) is 16.2. The molecule has 0 aromatic carbocycles. The van der Waals surface area contributed by atoms with Crippen LogP contribution in [0.4, 0.5) is 0 Å². The molecular weight excluding hydrogens is 334 g/mol. The molecule has 1 aromatic heterocycles. The lowest BCUT2D eigenvalue weighted by atomic mass is 10.1. The molecule has 2 fully saturated rings. The van der Waals surface area contributed by atoms with Crippen molar-refractivity contribution in [3.63, 3.8) is 0 Å². The van der Waals surface area contributed by atoms with Crippen molar-refractivity contribution in [3.05, 3.63) is 21.4 Å². The topological polar surface area (TPSA) is 52.7 Å². The van der Waals surface area contributed by atoms with Crippen LogP contribution in [-0.2, 0) is 17.6 Å². The number of carbonyl (C=O) groups excluding carboxylic acids is 2. The molecule has 0 unspecified atom stereocenters. The molecule has 25 heavy (non-hydrogen) atoms. The van der Waals surface area contributed by atoms with Crippen molar-refractivity contribution in [2.75, 3.05) is 32.7 Å². The number of aryl methyl sites for hydroxylation is 2. The quantitative estimate of drug-likeness (QED) is 0.809. The Hall–Kier alpha value is -1.40. The summed E-state index contributed by atoms with van der Waals surface area (Å²) in [6, 6.07) is 2.51. The van der Waals surface area contributed by atoms with Crippen LogP contribution in [0.2, 0.25) is 0 Å². The maximum absolute atomic E-state index is 12.8. The van der Waals surface area contributed by atoms with Crippen molar-refractivity contribution >= 4 is 23.2 Å². The lowest BCUT2D eigenvalue weighted by molar-refractivity contribution is -0.122. The van der Waals surface area contributed by atoms with Crippen LogP contribution in [-0.4, -0.2) is 60.4 Å². The van der Waals surface area contributed by atoms with E-state index in [4.69, 9.17) is 0 Å². The molecule has 0 spiro atoms. The van der Waals surface area contributed by atoms with Gasteiger partial charge in [-0.05, 0) is 37.3 Å². The van der Waals surface area contributed by atoms with Crippen LogP contribution < -0.4 is 5.32 Å². The number of piperazine rings is 1. The first-order chi connectivity index (χ1) is 12.1. The Morgan fingerprint density at radius 2 is 1.92 bits per heavy atom. The summed E-state index contributed by atoms with van der Waals surface area (Å²) in [5.74, 6) is 0.279. The highest BCUT2D eigenvalue weighted by molar-refractivity contribution is 7.14. The summed E-state index contributed by atoms with van der Waals surface area (Å²) in [4.78, 5) is 31.0. The molecule has 1 aromatic rings. The van der Waals surface area contributed by atoms with Gasteiger partial charge in [-0.1, -0.05) is 20.3 Å². The predicted octanol–water partition coefficient (Wildman–Crippen LogP) is 2.30. The predicted molar refractivity (Wildman–Crippen MR) is 101 cm³/mol. The lowest BCUT2D eigenvalue weighted by Crippen LogP contribution is -2.51. The van der Waals surface area contributed by atoms with Crippen molar-refractivity contribution < 1.29 is 9.59 Å². The number of thiophene rings is 1. The monoisotopic (exact) mass is 363 g/mol. The van der Waals surface area contributed by atoms with Crippen LogP contribution in [0.5, 0.6) is 0 Å². The highest BCUT2D eigenvalue weighted by atomic mass is 32.1. The summed E-state index contributed by atoms with van der Waals surface area (Å²) in [7, 11) is 0. The van der Waals surface area contributed by atoms with Crippen LogP contribution in [0.1, 0.15) is 53.2 Å². The maximum Gasteiger partial charge on any atom is 0.264 e. The van der Waals surface area contributed by atoms with E-state index in [1.54, 1.807) is 11.3 Å². The molecule has 1 aliphatic carbocycles. The molecule has 2 heterocycles. The van der Waals surface area contributed by atoms with Crippen LogP contribution in [0.25, 0.3) is 0 Å². The average Bonchev–Trinajstić information content (AvgIpc) is 3.32. The SMILES string of the molecule is CCCc1sc(C(=O)N2CCN(CC(=O)NC3CC3)CC2)cc1CC. The summed E-state index contributed by atoms with van der Waals surface area (Å²) in [5, 5.41) is 3.03. The van der Waals surface area contributed by atoms with Gasteiger partial charge in [-0.2, -0.15) is 0 Å². The molecule has 2 amide bonds. The van der Waals surface area contributed by atoms with Gasteiger partial charge in [0.05, 0.1) is 11.4 Å². The van der Waals surface area contributed by atoms with Gasteiger partial charge >= 0.3 is 0 Å². The van der Waals surface area contributed by atoms with Crippen LogP contribution in [0, 0.1) is 0 Å². The summed E-state index contributed by atoms with van der Waals surface area (Å²) < 4.78 is 0. The van der Waals surface area contributed by atoms with Gasteiger partial charge in [0.2, 0.25) is 5.91 Å². The molecule has 6 heteroatoms. The summed E-state index contributed by atoms with van der Waals surface area (Å²) >= 11 is 1.67. The van der Waals surface area contributed by atoms with Gasteiger partial charge in [-0.3, -0.25) is 14.5 Å².